The van der Waals surface area contributed by atoms with E-state index in [2.05, 4.69) is 11.9 Å². The number of likely N-dealkylation sites (tertiary alicyclic amines) is 2. The van der Waals surface area contributed by atoms with Gasteiger partial charge in [-0.1, -0.05) is 13.8 Å². The van der Waals surface area contributed by atoms with Crippen LogP contribution >= 0.6 is 11.3 Å². The Hall–Kier alpha value is -1.43. The molecule has 2 amide bonds. The third-order valence-electron chi connectivity index (χ3n) is 5.13. The normalized spacial score (nSPS) is 20.9. The van der Waals surface area contributed by atoms with Gasteiger partial charge in [-0.3, -0.25) is 9.59 Å². The zero-order valence-corrected chi connectivity index (χ0v) is 15.6. The van der Waals surface area contributed by atoms with Crippen LogP contribution in [0.15, 0.2) is 6.20 Å². The highest BCUT2D eigenvalue weighted by molar-refractivity contribution is 7.11. The van der Waals surface area contributed by atoms with Crippen molar-refractivity contribution in [2.45, 2.75) is 58.4 Å². The van der Waals surface area contributed by atoms with E-state index >= 15 is 0 Å². The van der Waals surface area contributed by atoms with Gasteiger partial charge in [0, 0.05) is 43.0 Å². The van der Waals surface area contributed by atoms with E-state index in [1.54, 1.807) is 11.3 Å². The van der Waals surface area contributed by atoms with Gasteiger partial charge in [0.25, 0.3) is 0 Å². The van der Waals surface area contributed by atoms with Gasteiger partial charge in [-0.25, -0.2) is 4.98 Å². The van der Waals surface area contributed by atoms with Gasteiger partial charge in [0.1, 0.15) is 6.04 Å². The van der Waals surface area contributed by atoms with E-state index in [9.17, 15) is 9.59 Å². The maximum atomic E-state index is 13.0. The Balaban J connectivity index is 1.63. The average Bonchev–Trinajstić information content (AvgIpc) is 3.16. The summed E-state index contributed by atoms with van der Waals surface area (Å²) in [7, 11) is 0. The number of rotatable bonds is 4. The minimum atomic E-state index is -0.293. The van der Waals surface area contributed by atoms with Crippen LogP contribution in [0.1, 0.15) is 55.3 Å². The Labute approximate surface area is 148 Å². The van der Waals surface area contributed by atoms with Crippen LogP contribution in [-0.2, 0) is 9.59 Å². The molecule has 2 fully saturated rings. The van der Waals surface area contributed by atoms with E-state index in [1.165, 1.54) is 9.88 Å². The van der Waals surface area contributed by atoms with Crippen LogP contribution in [0, 0.1) is 12.8 Å². The molecule has 24 heavy (non-hydrogen) atoms. The highest BCUT2D eigenvalue weighted by Crippen LogP contribution is 2.32. The summed E-state index contributed by atoms with van der Waals surface area (Å²) in [6.45, 7) is 8.43. The lowest BCUT2D eigenvalue weighted by Gasteiger charge is -2.37. The fourth-order valence-corrected chi connectivity index (χ4v) is 4.78. The molecule has 1 aromatic rings. The Morgan fingerprint density at radius 1 is 1.29 bits per heavy atom. The smallest absolute Gasteiger partial charge is 0.245 e. The van der Waals surface area contributed by atoms with Gasteiger partial charge in [0.05, 0.1) is 5.01 Å². The van der Waals surface area contributed by atoms with Crippen molar-refractivity contribution < 1.29 is 9.59 Å². The lowest BCUT2D eigenvalue weighted by molar-refractivity contribution is -0.146. The molecular weight excluding hydrogens is 322 g/mol. The lowest BCUT2D eigenvalue weighted by Crippen LogP contribution is -2.53. The molecule has 2 saturated heterocycles. The molecule has 3 heterocycles. The first kappa shape index (κ1) is 17.4. The minimum absolute atomic E-state index is 0.133. The Morgan fingerprint density at radius 2 is 2.00 bits per heavy atom. The molecular formula is C18H27N3O2S. The molecule has 2 aliphatic heterocycles. The first-order valence-electron chi connectivity index (χ1n) is 8.98. The number of amides is 2. The molecule has 1 atom stereocenters. The van der Waals surface area contributed by atoms with Crippen molar-refractivity contribution in [2.24, 2.45) is 5.92 Å². The van der Waals surface area contributed by atoms with Crippen LogP contribution in [0.5, 0.6) is 0 Å². The molecule has 0 N–H and O–H groups in total. The van der Waals surface area contributed by atoms with Gasteiger partial charge >= 0.3 is 0 Å². The number of aromatic nitrogens is 1. The molecule has 6 heteroatoms. The molecule has 0 bridgehead atoms. The highest BCUT2D eigenvalue weighted by atomic mass is 32.1. The van der Waals surface area contributed by atoms with E-state index in [-0.39, 0.29) is 23.8 Å². The standard InChI is InChI=1S/C18H27N3O2S/c1-12(2)16(21-8-4-5-15(21)22)18(23)20-9-6-14(7-10-20)17-19-11-13(3)24-17/h11-12,14,16H,4-10H2,1-3H3/t16-/m0/s1. The summed E-state index contributed by atoms with van der Waals surface area (Å²) in [5, 5.41) is 1.20. The van der Waals surface area contributed by atoms with Crippen molar-refractivity contribution in [3.63, 3.8) is 0 Å². The van der Waals surface area contributed by atoms with Crippen molar-refractivity contribution in [1.29, 1.82) is 0 Å². The first-order valence-corrected chi connectivity index (χ1v) is 9.79. The van der Waals surface area contributed by atoms with Gasteiger partial charge in [-0.2, -0.15) is 0 Å². The summed E-state index contributed by atoms with van der Waals surface area (Å²) in [6, 6.07) is -0.293. The van der Waals surface area contributed by atoms with Crippen molar-refractivity contribution in [3.8, 4) is 0 Å². The number of thiazole rings is 1. The monoisotopic (exact) mass is 349 g/mol. The first-order chi connectivity index (χ1) is 11.5. The summed E-state index contributed by atoms with van der Waals surface area (Å²) in [5.74, 6) is 0.891. The van der Waals surface area contributed by atoms with Gasteiger partial charge in [0.2, 0.25) is 11.8 Å². The fourth-order valence-electron chi connectivity index (χ4n) is 3.84. The van der Waals surface area contributed by atoms with Crippen LogP contribution < -0.4 is 0 Å². The van der Waals surface area contributed by atoms with Crippen LogP contribution in [0.2, 0.25) is 0 Å². The van der Waals surface area contributed by atoms with Crippen LogP contribution in [-0.4, -0.2) is 52.3 Å². The average molecular weight is 350 g/mol. The van der Waals surface area contributed by atoms with E-state index < -0.39 is 0 Å². The van der Waals surface area contributed by atoms with E-state index in [0.29, 0.717) is 12.3 Å². The largest absolute Gasteiger partial charge is 0.341 e. The third kappa shape index (κ3) is 3.48. The van der Waals surface area contributed by atoms with Crippen LogP contribution in [0.25, 0.3) is 0 Å². The third-order valence-corrected chi connectivity index (χ3v) is 6.20. The summed E-state index contributed by atoms with van der Waals surface area (Å²) in [4.78, 5) is 34.7. The maximum absolute atomic E-state index is 13.0. The number of nitrogens with zero attached hydrogens (tertiary/aromatic N) is 3. The van der Waals surface area contributed by atoms with Gasteiger partial charge in [0.15, 0.2) is 0 Å². The van der Waals surface area contributed by atoms with Gasteiger partial charge in [-0.05, 0) is 32.1 Å². The number of hydrogen-bond donors (Lipinski definition) is 0. The van der Waals surface area contributed by atoms with Gasteiger partial charge in [-0.15, -0.1) is 11.3 Å². The Morgan fingerprint density at radius 3 is 2.50 bits per heavy atom. The summed E-state index contributed by atoms with van der Waals surface area (Å²) in [5.41, 5.74) is 0. The Kier molecular flexibility index (Phi) is 5.23. The zero-order chi connectivity index (χ0) is 17.3. The fraction of sp³-hybridized carbons (Fsp3) is 0.722. The van der Waals surface area contributed by atoms with Gasteiger partial charge < -0.3 is 9.80 Å². The molecule has 3 rings (SSSR count). The van der Waals surface area contributed by atoms with Crippen LogP contribution in [0.4, 0.5) is 0 Å². The van der Waals surface area contributed by atoms with E-state index in [4.69, 9.17) is 0 Å². The number of carbonyl (C=O) groups excluding carboxylic acids is 2. The summed E-state index contributed by atoms with van der Waals surface area (Å²) >= 11 is 1.77. The van der Waals surface area contributed by atoms with Crippen molar-refractivity contribution in [2.75, 3.05) is 19.6 Å². The highest BCUT2D eigenvalue weighted by Gasteiger charge is 2.38. The lowest BCUT2D eigenvalue weighted by atomic mass is 9.95. The van der Waals surface area contributed by atoms with Crippen molar-refractivity contribution in [1.82, 2.24) is 14.8 Å². The topological polar surface area (TPSA) is 53.5 Å². The summed E-state index contributed by atoms with van der Waals surface area (Å²) in [6.07, 6.45) is 5.34. The number of piperidine rings is 1. The SMILES string of the molecule is Cc1cnc(C2CCN(C(=O)[C@H](C(C)C)N3CCCC3=O)CC2)s1. The molecule has 0 spiro atoms. The Bertz CT molecular complexity index is 605. The predicted molar refractivity (Wildman–Crippen MR) is 95.0 cm³/mol. The minimum Gasteiger partial charge on any atom is -0.341 e. The molecule has 132 valence electrons. The van der Waals surface area contributed by atoms with E-state index in [1.807, 2.05) is 29.8 Å². The molecule has 0 aliphatic carbocycles. The molecule has 1 aromatic heterocycles. The van der Waals surface area contributed by atoms with E-state index in [0.717, 1.165) is 38.9 Å². The maximum Gasteiger partial charge on any atom is 0.245 e. The molecule has 2 aliphatic rings. The molecule has 0 unspecified atom stereocenters. The molecule has 0 aromatic carbocycles. The second-order valence-electron chi connectivity index (χ2n) is 7.29. The molecule has 5 nitrogen and oxygen atoms in total. The van der Waals surface area contributed by atoms with Crippen LogP contribution in [0.3, 0.4) is 0 Å². The van der Waals surface area contributed by atoms with Crippen molar-refractivity contribution in [3.05, 3.63) is 16.1 Å². The molecule has 0 radical (unpaired) electrons. The second-order valence-corrected chi connectivity index (χ2v) is 8.55. The molecule has 0 saturated carbocycles. The number of aryl methyl sites for hydroxylation is 1. The predicted octanol–water partition coefficient (Wildman–Crippen LogP) is 2.80. The number of carbonyl (C=O) groups is 2. The number of hydrogen-bond acceptors (Lipinski definition) is 4. The summed E-state index contributed by atoms with van der Waals surface area (Å²) < 4.78 is 0. The quantitative estimate of drug-likeness (QED) is 0.840. The second kappa shape index (κ2) is 7.21. The zero-order valence-electron chi connectivity index (χ0n) is 14.8. The van der Waals surface area contributed by atoms with Crippen molar-refractivity contribution >= 4 is 23.2 Å².